The summed E-state index contributed by atoms with van der Waals surface area (Å²) in [7, 11) is 5.35. The van der Waals surface area contributed by atoms with Crippen molar-refractivity contribution in [3.05, 3.63) is 59.2 Å². The Labute approximate surface area is 213 Å². The van der Waals surface area contributed by atoms with E-state index in [4.69, 9.17) is 14.2 Å². The number of amides is 1. The zero-order chi connectivity index (χ0) is 26.2. The Hall–Kier alpha value is -3.52. The molecule has 1 heterocycles. The molecule has 1 aliphatic heterocycles. The molecule has 3 rings (SSSR count). The number of nitrogens with zero attached hydrogens (tertiary/aromatic N) is 2. The summed E-state index contributed by atoms with van der Waals surface area (Å²) >= 11 is 0. The van der Waals surface area contributed by atoms with E-state index in [-0.39, 0.29) is 11.3 Å². The second-order valence-electron chi connectivity index (χ2n) is 8.87. The lowest BCUT2D eigenvalue weighted by Gasteiger charge is -2.27. The number of benzene rings is 2. The maximum Gasteiger partial charge on any atom is 0.295 e. The van der Waals surface area contributed by atoms with Gasteiger partial charge in [-0.15, -0.1) is 0 Å². The molecule has 0 radical (unpaired) electrons. The molecular formula is C28H36N2O6. The minimum atomic E-state index is -0.778. The first kappa shape index (κ1) is 27.1. The molecule has 0 bridgehead atoms. The van der Waals surface area contributed by atoms with Crippen LogP contribution in [0, 0.1) is 0 Å². The quantitative estimate of drug-likeness (QED) is 0.203. The minimum Gasteiger partial charge on any atom is -0.507 e. The first-order chi connectivity index (χ1) is 17.3. The molecule has 194 valence electrons. The summed E-state index contributed by atoms with van der Waals surface area (Å²) in [6.45, 7) is 5.85. The lowest BCUT2D eigenvalue weighted by atomic mass is 9.95. The van der Waals surface area contributed by atoms with Gasteiger partial charge in [-0.05, 0) is 57.3 Å². The smallest absolute Gasteiger partial charge is 0.295 e. The fraction of sp³-hybridized carbons (Fsp3) is 0.429. The zero-order valence-corrected chi connectivity index (χ0v) is 21.7. The van der Waals surface area contributed by atoms with E-state index >= 15 is 0 Å². The number of carbonyl (C=O) groups is 2. The number of hydrogen-bond acceptors (Lipinski definition) is 7. The van der Waals surface area contributed by atoms with Crippen LogP contribution in [-0.2, 0) is 9.59 Å². The van der Waals surface area contributed by atoms with Gasteiger partial charge in [-0.3, -0.25) is 9.59 Å². The van der Waals surface area contributed by atoms with E-state index in [0.717, 1.165) is 12.8 Å². The normalized spacial score (nSPS) is 17.1. The zero-order valence-electron chi connectivity index (χ0n) is 21.7. The molecule has 36 heavy (non-hydrogen) atoms. The van der Waals surface area contributed by atoms with Gasteiger partial charge >= 0.3 is 0 Å². The van der Waals surface area contributed by atoms with Crippen LogP contribution in [0.3, 0.4) is 0 Å². The Bertz CT molecular complexity index is 1110. The number of carbonyl (C=O) groups excluding carboxylic acids is 2. The Balaban J connectivity index is 2.11. The fourth-order valence-corrected chi connectivity index (χ4v) is 4.12. The van der Waals surface area contributed by atoms with E-state index in [2.05, 4.69) is 6.92 Å². The molecule has 1 atom stereocenters. The second-order valence-corrected chi connectivity index (χ2v) is 8.87. The Morgan fingerprint density at radius 3 is 2.50 bits per heavy atom. The predicted molar refractivity (Wildman–Crippen MR) is 139 cm³/mol. The number of ether oxygens (including phenoxy) is 3. The fourth-order valence-electron chi connectivity index (χ4n) is 4.12. The molecule has 8 nitrogen and oxygen atoms in total. The summed E-state index contributed by atoms with van der Waals surface area (Å²) in [4.78, 5) is 29.8. The van der Waals surface area contributed by atoms with Gasteiger partial charge in [0.2, 0.25) is 0 Å². The standard InChI is InChI=1S/C28H36N2O6/c1-6-8-16-36-22-13-12-19(18-23(22)34-5)25-24(27(32)28(33)30(25)15-14-29(3)4)26(31)20-10-9-11-21(17-20)35-7-2/h9-13,17-18,25,31H,6-8,14-16H2,1-5H3/b26-24+. The summed E-state index contributed by atoms with van der Waals surface area (Å²) in [5, 5.41) is 11.3. The number of methoxy groups -OCH3 is 1. The van der Waals surface area contributed by atoms with E-state index in [1.165, 1.54) is 4.90 Å². The third-order valence-electron chi connectivity index (χ3n) is 6.01. The molecular weight excluding hydrogens is 460 g/mol. The molecule has 1 saturated heterocycles. The molecule has 1 amide bonds. The van der Waals surface area contributed by atoms with Crippen molar-refractivity contribution in [1.29, 1.82) is 0 Å². The van der Waals surface area contributed by atoms with Gasteiger partial charge in [0.25, 0.3) is 11.7 Å². The molecule has 0 spiro atoms. The van der Waals surface area contributed by atoms with E-state index in [9.17, 15) is 14.7 Å². The Kier molecular flexibility index (Phi) is 9.36. The van der Waals surface area contributed by atoms with Crippen molar-refractivity contribution in [2.45, 2.75) is 32.7 Å². The van der Waals surface area contributed by atoms with Crippen LogP contribution in [0.4, 0.5) is 0 Å². The van der Waals surface area contributed by atoms with Gasteiger partial charge < -0.3 is 29.1 Å². The van der Waals surface area contributed by atoms with Crippen LogP contribution in [0.5, 0.6) is 17.2 Å². The monoisotopic (exact) mass is 496 g/mol. The van der Waals surface area contributed by atoms with Crippen molar-refractivity contribution in [3.63, 3.8) is 0 Å². The molecule has 1 unspecified atom stereocenters. The van der Waals surface area contributed by atoms with Crippen molar-refractivity contribution in [2.75, 3.05) is 47.5 Å². The topological polar surface area (TPSA) is 88.5 Å². The first-order valence-corrected chi connectivity index (χ1v) is 12.3. The molecule has 0 saturated carbocycles. The third-order valence-corrected chi connectivity index (χ3v) is 6.01. The van der Waals surface area contributed by atoms with Crippen LogP contribution in [0.15, 0.2) is 48.0 Å². The van der Waals surface area contributed by atoms with E-state index in [0.29, 0.717) is 54.7 Å². The van der Waals surface area contributed by atoms with Crippen molar-refractivity contribution in [2.24, 2.45) is 0 Å². The van der Waals surface area contributed by atoms with Crippen molar-refractivity contribution in [3.8, 4) is 17.2 Å². The SMILES string of the molecule is CCCCOc1ccc(C2/C(=C(\O)c3cccc(OCC)c3)C(=O)C(=O)N2CCN(C)C)cc1OC. The van der Waals surface area contributed by atoms with Crippen molar-refractivity contribution >= 4 is 17.4 Å². The van der Waals surface area contributed by atoms with Crippen LogP contribution in [0.25, 0.3) is 5.76 Å². The van der Waals surface area contributed by atoms with Gasteiger partial charge in [-0.1, -0.05) is 31.5 Å². The average Bonchev–Trinajstić information content (AvgIpc) is 3.12. The molecule has 1 aliphatic rings. The summed E-state index contributed by atoms with van der Waals surface area (Å²) in [5.41, 5.74) is 1.09. The van der Waals surface area contributed by atoms with Crippen LogP contribution in [0.2, 0.25) is 0 Å². The summed E-state index contributed by atoms with van der Waals surface area (Å²) in [6, 6.07) is 11.4. The van der Waals surface area contributed by atoms with E-state index < -0.39 is 17.7 Å². The number of aliphatic hydroxyl groups excluding tert-OH is 1. The van der Waals surface area contributed by atoms with Crippen LogP contribution >= 0.6 is 0 Å². The molecule has 2 aromatic rings. The molecule has 8 heteroatoms. The van der Waals surface area contributed by atoms with Gasteiger partial charge in [-0.25, -0.2) is 0 Å². The van der Waals surface area contributed by atoms with Crippen LogP contribution < -0.4 is 14.2 Å². The molecule has 0 aromatic heterocycles. The second kappa shape index (κ2) is 12.4. The minimum absolute atomic E-state index is 0.0362. The van der Waals surface area contributed by atoms with Gasteiger partial charge in [0, 0.05) is 18.7 Å². The number of Topliss-reactive ketones (excluding diaryl/α,β-unsaturated/α-hetero) is 1. The number of aliphatic hydroxyl groups is 1. The molecule has 1 fully saturated rings. The van der Waals surface area contributed by atoms with Gasteiger partial charge in [0.15, 0.2) is 11.5 Å². The lowest BCUT2D eigenvalue weighted by molar-refractivity contribution is -0.140. The lowest BCUT2D eigenvalue weighted by Crippen LogP contribution is -2.35. The van der Waals surface area contributed by atoms with Gasteiger partial charge in [0.05, 0.1) is 31.9 Å². The Morgan fingerprint density at radius 1 is 1.06 bits per heavy atom. The summed E-state index contributed by atoms with van der Waals surface area (Å²) < 4.78 is 17.0. The van der Waals surface area contributed by atoms with Gasteiger partial charge in [-0.2, -0.15) is 0 Å². The molecule has 0 aliphatic carbocycles. The number of rotatable bonds is 12. The number of likely N-dealkylation sites (N-methyl/N-ethyl adjacent to an activating group) is 1. The van der Waals surface area contributed by atoms with Gasteiger partial charge in [0.1, 0.15) is 11.5 Å². The average molecular weight is 497 g/mol. The number of ketones is 1. The summed E-state index contributed by atoms with van der Waals surface area (Å²) in [6.07, 6.45) is 1.92. The highest BCUT2D eigenvalue weighted by atomic mass is 16.5. The number of unbranched alkanes of at least 4 members (excludes halogenated alkanes) is 1. The van der Waals surface area contributed by atoms with Crippen molar-refractivity contribution in [1.82, 2.24) is 9.80 Å². The molecule has 1 N–H and O–H groups in total. The highest BCUT2D eigenvalue weighted by molar-refractivity contribution is 6.46. The number of hydrogen-bond donors (Lipinski definition) is 1. The predicted octanol–water partition coefficient (Wildman–Crippen LogP) is 4.26. The van der Waals surface area contributed by atoms with Crippen LogP contribution in [0.1, 0.15) is 43.9 Å². The number of likely N-dealkylation sites (tertiary alicyclic amines) is 1. The maximum atomic E-state index is 13.3. The molecule has 2 aromatic carbocycles. The van der Waals surface area contributed by atoms with E-state index in [1.807, 2.05) is 32.0 Å². The highest BCUT2D eigenvalue weighted by Crippen LogP contribution is 2.42. The van der Waals surface area contributed by atoms with E-state index in [1.54, 1.807) is 43.5 Å². The highest BCUT2D eigenvalue weighted by Gasteiger charge is 2.46. The third kappa shape index (κ3) is 5.99. The summed E-state index contributed by atoms with van der Waals surface area (Å²) in [5.74, 6) is 0.0427. The van der Waals surface area contributed by atoms with Crippen LogP contribution in [-0.4, -0.2) is 74.1 Å². The first-order valence-electron chi connectivity index (χ1n) is 12.3. The Morgan fingerprint density at radius 2 is 1.83 bits per heavy atom. The van der Waals surface area contributed by atoms with Crippen molar-refractivity contribution < 1.29 is 28.9 Å². The maximum absolute atomic E-state index is 13.3. The largest absolute Gasteiger partial charge is 0.507 e.